The second kappa shape index (κ2) is 24.5. The van der Waals surface area contributed by atoms with Crippen molar-refractivity contribution in [2.45, 2.75) is 306 Å². The van der Waals surface area contributed by atoms with E-state index in [1.54, 1.807) is 0 Å². The molecule has 20 fully saturated rings. The lowest BCUT2D eigenvalue weighted by Crippen LogP contribution is -2.69. The zero-order chi connectivity index (χ0) is 63.5. The third kappa shape index (κ3) is 10.6. The first-order chi connectivity index (χ1) is 44.1. The lowest BCUT2D eigenvalue weighted by molar-refractivity contribution is -0.496. The SMILES string of the molecule is C[C@@H]1CC[C@H]2[C@@H](C)C(OCCN(CCOC3O[C@@H]4C[C@@]5(C)CC[C@H]6[C@H](C)CC[C@@H]([C@H]3C)[C@@]46OO5)CCN(CCOC3O[C@@H]4C[C@@]5(C)CC[C@H]6[C@H](C)CC[C@@H]([C@H]3C)[C@@]46OO5)CCOC3O[C@@H]4C[C@@]5(C)CC[C@H]6[C@H](C)CC[C@@H]([C@H]3C)[C@@]46OO5)O[C@@H]3C[C@@]4(C)CC[C@@H]1[C@]32OO4. The molecular formula is C74H120N2O16. The quantitative estimate of drug-likeness (QED) is 0.113. The maximum Gasteiger partial charge on any atom is 0.161 e. The van der Waals surface area contributed by atoms with Crippen LogP contribution in [-0.2, 0) is 77.0 Å². The van der Waals surface area contributed by atoms with Crippen molar-refractivity contribution in [3.63, 3.8) is 0 Å². The van der Waals surface area contributed by atoms with E-state index in [4.69, 9.17) is 77.0 Å². The molecule has 0 amide bonds. The molecule has 12 aliphatic heterocycles. The highest BCUT2D eigenvalue weighted by Crippen LogP contribution is 2.66. The van der Waals surface area contributed by atoms with Crippen LogP contribution in [0.5, 0.6) is 0 Å². The van der Waals surface area contributed by atoms with E-state index >= 15 is 0 Å². The van der Waals surface area contributed by atoms with E-state index in [0.29, 0.717) is 97.4 Å². The molecule has 92 heavy (non-hydrogen) atoms. The number of hydrogen-bond donors (Lipinski definition) is 0. The van der Waals surface area contributed by atoms with Crippen LogP contribution < -0.4 is 0 Å². The van der Waals surface area contributed by atoms with Crippen LogP contribution in [-0.4, -0.2) is 170 Å². The van der Waals surface area contributed by atoms with E-state index in [0.717, 1.165) is 142 Å². The average Bonchev–Trinajstić information content (AvgIpc) is 1.34. The summed E-state index contributed by atoms with van der Waals surface area (Å²) in [5.74, 6) is 5.76. The summed E-state index contributed by atoms with van der Waals surface area (Å²) in [6.07, 6.45) is 19.4. The Hall–Kier alpha value is -0.720. The second-order valence-electron chi connectivity index (χ2n) is 35.5. The Bertz CT molecular complexity index is 2290. The first kappa shape index (κ1) is 65.9. The fraction of sp³-hybridized carbons (Fsp3) is 1.00. The maximum absolute atomic E-state index is 7.21. The zero-order valence-electron chi connectivity index (χ0n) is 58.5. The van der Waals surface area contributed by atoms with Crippen LogP contribution in [0.25, 0.3) is 0 Å². The van der Waals surface area contributed by atoms with Crippen LogP contribution in [0.2, 0.25) is 0 Å². The summed E-state index contributed by atoms with van der Waals surface area (Å²) >= 11 is 0. The van der Waals surface area contributed by atoms with Gasteiger partial charge in [-0.05, 0) is 178 Å². The van der Waals surface area contributed by atoms with Crippen LogP contribution in [0, 0.1) is 94.7 Å². The molecule has 0 aromatic carbocycles. The third-order valence-electron chi connectivity index (χ3n) is 30.0. The smallest absolute Gasteiger partial charge is 0.161 e. The molecule has 20 aliphatic rings. The molecule has 18 nitrogen and oxygen atoms in total. The molecule has 4 spiro atoms. The minimum atomic E-state index is -0.426. The van der Waals surface area contributed by atoms with Gasteiger partial charge in [0.25, 0.3) is 0 Å². The highest BCUT2D eigenvalue weighted by molar-refractivity contribution is 5.18. The third-order valence-corrected chi connectivity index (χ3v) is 30.0. The predicted octanol–water partition coefficient (Wildman–Crippen LogP) is 12.3. The number of fused-ring (bicyclic) bond motifs is 8. The van der Waals surface area contributed by atoms with Gasteiger partial charge >= 0.3 is 0 Å². The normalized spacial score (nSPS) is 56.0. The molecule has 12 saturated heterocycles. The highest BCUT2D eigenvalue weighted by Gasteiger charge is 2.73. The van der Waals surface area contributed by atoms with Gasteiger partial charge in [-0.2, -0.15) is 0 Å². The van der Waals surface area contributed by atoms with Gasteiger partial charge in [-0.1, -0.05) is 55.4 Å². The summed E-state index contributed by atoms with van der Waals surface area (Å²) in [5.41, 5.74) is -3.12. The Kier molecular flexibility index (Phi) is 17.6. The average molecular weight is 1290 g/mol. The molecule has 8 saturated carbocycles. The summed E-state index contributed by atoms with van der Waals surface area (Å²) in [6.45, 7) is 34.5. The van der Waals surface area contributed by atoms with E-state index in [1.165, 1.54) is 25.7 Å². The Morgan fingerprint density at radius 3 is 0.739 bits per heavy atom. The summed E-state index contributed by atoms with van der Waals surface area (Å²) < 4.78 is 57.1. The summed E-state index contributed by atoms with van der Waals surface area (Å²) in [4.78, 5) is 57.3. The molecule has 12 heterocycles. The van der Waals surface area contributed by atoms with Crippen LogP contribution in [0.1, 0.15) is 212 Å². The van der Waals surface area contributed by atoms with Crippen LogP contribution >= 0.6 is 0 Å². The second-order valence-corrected chi connectivity index (χ2v) is 35.5. The molecule has 0 N–H and O–H groups in total. The van der Waals surface area contributed by atoms with Gasteiger partial charge in [0.2, 0.25) is 0 Å². The molecule has 32 atom stereocenters. The van der Waals surface area contributed by atoms with Gasteiger partial charge in [0.15, 0.2) is 25.2 Å². The minimum Gasteiger partial charge on any atom is -0.351 e. The van der Waals surface area contributed by atoms with E-state index in [2.05, 4.69) is 92.9 Å². The fourth-order valence-electron chi connectivity index (χ4n) is 24.6. The van der Waals surface area contributed by atoms with Gasteiger partial charge in [-0.15, -0.1) is 0 Å². The van der Waals surface area contributed by atoms with Crippen LogP contribution in [0.4, 0.5) is 0 Å². The number of ether oxygens (including phenoxy) is 8. The lowest BCUT2D eigenvalue weighted by atomic mass is 9.56. The summed E-state index contributed by atoms with van der Waals surface area (Å²) in [6, 6.07) is 0. The Morgan fingerprint density at radius 2 is 0.511 bits per heavy atom. The lowest BCUT2D eigenvalue weighted by Gasteiger charge is -2.61. The van der Waals surface area contributed by atoms with Crippen molar-refractivity contribution in [3.05, 3.63) is 0 Å². The summed E-state index contributed by atoms with van der Waals surface area (Å²) in [7, 11) is 0. The monoisotopic (exact) mass is 1290 g/mol. The van der Waals surface area contributed by atoms with Crippen molar-refractivity contribution in [2.24, 2.45) is 94.7 Å². The standard InChI is InChI=1S/C74H120N2O16/c1-43-13-17-55-47(5)63(81-59-39-67(9)25-21-51(43)71(55,59)89-85-67)77-35-31-75(32-36-78-64-48(6)56-18-14-44(2)52-22-26-68(10)40-60(82-64)72(52,56)90-86-68)29-30-76(33-37-79-65-49(7)57-19-15-45(3)53-23-27-69(11)41-61(83-65)73(53,57)91-87-69)34-38-80-66-50(8)58-20-16-46(4)54-24-28-70(12)42-62(84-66)74(54,58)92-88-70/h43-66H,13-42H2,1-12H3/t43-,44-,45-,46-,47-,48-,49-,50-,51+,52+,53+,54+,55+,56+,57+,58+,59-,60-,61-,62-,63?,64?,65?,66?,67-,68-,69-,70-,71-,72-,73-,74-/m1/s1. The van der Waals surface area contributed by atoms with Gasteiger partial charge in [0.05, 0.1) is 50.8 Å². The molecule has 4 unspecified atom stereocenters. The van der Waals surface area contributed by atoms with Gasteiger partial charge < -0.3 is 37.9 Å². The van der Waals surface area contributed by atoms with Crippen molar-refractivity contribution in [1.29, 1.82) is 0 Å². The van der Waals surface area contributed by atoms with E-state index in [9.17, 15) is 0 Å². The van der Waals surface area contributed by atoms with Crippen LogP contribution in [0.3, 0.4) is 0 Å². The molecule has 20 rings (SSSR count). The molecule has 522 valence electrons. The van der Waals surface area contributed by atoms with Crippen molar-refractivity contribution < 1.29 is 77.0 Å². The van der Waals surface area contributed by atoms with Crippen molar-refractivity contribution >= 4 is 0 Å². The fourth-order valence-corrected chi connectivity index (χ4v) is 24.6. The number of rotatable bonds is 19. The molecule has 8 bridgehead atoms. The van der Waals surface area contributed by atoms with Crippen molar-refractivity contribution in [3.8, 4) is 0 Å². The highest BCUT2D eigenvalue weighted by atomic mass is 17.2. The minimum absolute atomic E-state index is 0.0636. The first-order valence-corrected chi connectivity index (χ1v) is 38.1. The summed E-state index contributed by atoms with van der Waals surface area (Å²) in [5, 5.41) is 0. The topological polar surface area (TPSA) is 154 Å². The van der Waals surface area contributed by atoms with E-state index in [1.807, 2.05) is 0 Å². The predicted molar refractivity (Wildman–Crippen MR) is 338 cm³/mol. The van der Waals surface area contributed by atoms with E-state index in [-0.39, 0.29) is 95.7 Å². The Morgan fingerprint density at radius 1 is 0.283 bits per heavy atom. The molecule has 0 radical (unpaired) electrons. The first-order valence-electron chi connectivity index (χ1n) is 38.1. The van der Waals surface area contributed by atoms with Crippen molar-refractivity contribution in [2.75, 3.05) is 65.7 Å². The number of hydrogen-bond acceptors (Lipinski definition) is 18. The van der Waals surface area contributed by atoms with Gasteiger partial charge in [0, 0.05) is 112 Å². The molecule has 0 aromatic heterocycles. The number of nitrogens with zero attached hydrogens (tertiary/aromatic N) is 2. The van der Waals surface area contributed by atoms with Crippen molar-refractivity contribution in [1.82, 2.24) is 9.80 Å². The molecule has 18 heteroatoms. The van der Waals surface area contributed by atoms with E-state index < -0.39 is 22.4 Å². The zero-order valence-corrected chi connectivity index (χ0v) is 58.5. The van der Waals surface area contributed by atoms with Gasteiger partial charge in [-0.3, -0.25) is 9.80 Å². The molecule has 0 aromatic rings. The Balaban J connectivity index is 0.634. The van der Waals surface area contributed by atoms with Gasteiger partial charge in [0.1, 0.15) is 44.8 Å². The van der Waals surface area contributed by atoms with Gasteiger partial charge in [-0.25, -0.2) is 39.1 Å². The molecule has 8 aliphatic carbocycles. The maximum atomic E-state index is 7.21. The molecular weight excluding hydrogens is 1170 g/mol. The Labute approximate surface area is 550 Å². The largest absolute Gasteiger partial charge is 0.351 e. The van der Waals surface area contributed by atoms with Crippen LogP contribution in [0.15, 0.2) is 0 Å².